The number of aromatic nitrogens is 13. The molecule has 8 N–H and O–H groups in total. The van der Waals surface area contributed by atoms with Crippen molar-refractivity contribution in [2.45, 2.75) is 19.3 Å². The van der Waals surface area contributed by atoms with Gasteiger partial charge in [0.2, 0.25) is 5.78 Å². The number of aldehydes is 2. The molecule has 78 heavy (non-hydrogen) atoms. The second kappa shape index (κ2) is 44.6. The summed E-state index contributed by atoms with van der Waals surface area (Å²) in [6, 6.07) is 3.96. The molecular weight excluding hydrogens is 1310 g/mol. The van der Waals surface area contributed by atoms with Gasteiger partial charge in [0.05, 0.1) is 12.4 Å². The van der Waals surface area contributed by atoms with Gasteiger partial charge in [-0.15, -0.1) is 56.7 Å². The van der Waals surface area contributed by atoms with Crippen molar-refractivity contribution in [3.63, 3.8) is 0 Å². The summed E-state index contributed by atoms with van der Waals surface area (Å²) in [6.07, 6.45) is 6.34. The number of aliphatic hydroxyl groups excluding tert-OH is 1. The number of carbonyl (C=O) groups is 4. The van der Waals surface area contributed by atoms with Gasteiger partial charge in [-0.25, -0.2) is 44.9 Å². The fourth-order valence-electron chi connectivity index (χ4n) is 4.17. The van der Waals surface area contributed by atoms with Crippen LogP contribution in [0.5, 0.6) is 0 Å². The van der Waals surface area contributed by atoms with Crippen molar-refractivity contribution in [1.82, 2.24) is 70.1 Å². The van der Waals surface area contributed by atoms with Gasteiger partial charge in [0.1, 0.15) is 29.2 Å². The Balaban J connectivity index is -0.000000270. The average molecular weight is 1350 g/mol. The van der Waals surface area contributed by atoms with Gasteiger partial charge in [-0.2, -0.15) is 36.9 Å². The third kappa shape index (κ3) is 29.9. The number of nitrogens with zero attached hydrogens (tertiary/aromatic N) is 13. The number of thiazole rings is 5. The second-order valence-electron chi connectivity index (χ2n) is 11.9. The van der Waals surface area contributed by atoms with Crippen molar-refractivity contribution >= 4 is 104 Å². The number of nitrogens with one attached hydrogen (secondary N) is 2. The molecule has 0 atom stereocenters. The first-order valence-electron chi connectivity index (χ1n) is 18.9. The molecule has 410 valence electrons. The Labute approximate surface area is 558 Å². The molecule has 0 spiro atoms. The number of halogens is 7. The van der Waals surface area contributed by atoms with E-state index in [0.717, 1.165) is 52.6 Å². The van der Waals surface area contributed by atoms with Crippen molar-refractivity contribution < 1.29 is 170 Å². The molecule has 0 saturated carbocycles. The minimum Gasteiger partial charge on any atom is -1.00 e. The molecule has 0 amide bonds. The number of H-pyrrole nitrogens is 2. The molecule has 0 fully saturated rings. The van der Waals surface area contributed by atoms with Crippen LogP contribution < -0.4 is 114 Å². The van der Waals surface area contributed by atoms with Crippen LogP contribution in [0.25, 0.3) is 43.3 Å². The number of Topliss-reactive ketones (excluding diaryl/α,β-unsaturated/α-hetero) is 1. The predicted molar refractivity (Wildman–Crippen MR) is 277 cm³/mol. The van der Waals surface area contributed by atoms with E-state index in [4.69, 9.17) is 25.7 Å². The first kappa shape index (κ1) is 80.4. The van der Waals surface area contributed by atoms with Gasteiger partial charge in [-0.05, 0) is 4.93 Å². The molecule has 9 aromatic heterocycles. The number of rotatable bonds is 7. The third-order valence-corrected chi connectivity index (χ3v) is 10.9. The topological polar surface area (TPSA) is 392 Å². The van der Waals surface area contributed by atoms with Crippen LogP contribution in [0.4, 0.5) is 26.3 Å². The molecule has 9 aromatic rings. The molecule has 0 aliphatic rings. The summed E-state index contributed by atoms with van der Waals surface area (Å²) in [6.45, 7) is 0.306. The number of hydrogen-bond acceptors (Lipinski definition) is 24. The largest absolute Gasteiger partial charge is 1.00 e. The molecule has 9 rings (SSSR count). The van der Waals surface area contributed by atoms with Gasteiger partial charge < -0.3 is 47.4 Å². The molecule has 0 aromatic carbocycles. The summed E-state index contributed by atoms with van der Waals surface area (Å²) in [7, 11) is 4.70. The Hall–Kier alpha value is -4.13. The average Bonchev–Trinajstić information content (AvgIpc) is 4.25. The number of carbonyl (C=O) groups excluding carboxylic acids is 4. The van der Waals surface area contributed by atoms with Crippen LogP contribution in [0.15, 0.2) is 82.7 Å². The molecular formula is C40H41F6IK2N16O8S5. The van der Waals surface area contributed by atoms with E-state index in [9.17, 15) is 40.7 Å². The fourth-order valence-corrected chi connectivity index (χ4v) is 7.11. The number of imidazole rings is 4. The molecule has 0 radical (unpaired) electrons. The van der Waals surface area contributed by atoms with E-state index in [2.05, 4.69) is 82.3 Å². The first-order valence-corrected chi connectivity index (χ1v) is 25.5. The Morgan fingerprint density at radius 3 is 1.41 bits per heavy atom. The molecule has 0 saturated heterocycles. The monoisotopic (exact) mass is 1350 g/mol. The summed E-state index contributed by atoms with van der Waals surface area (Å²) < 4.78 is 72.5. The van der Waals surface area contributed by atoms with Crippen LogP contribution in [0.2, 0.25) is 0 Å². The molecule has 24 nitrogen and oxygen atoms in total. The summed E-state index contributed by atoms with van der Waals surface area (Å²) in [4.78, 5) is 83.5. The maximum Gasteiger partial charge on any atom is 1.00 e. The summed E-state index contributed by atoms with van der Waals surface area (Å²) >= 11 is 9.22. The zero-order valence-corrected chi connectivity index (χ0v) is 53.9. The van der Waals surface area contributed by atoms with E-state index in [0.29, 0.717) is 39.8 Å². The number of aliphatic hydroxyl groups is 1. The summed E-state index contributed by atoms with van der Waals surface area (Å²) in [5, 5.41) is 45.1. The van der Waals surface area contributed by atoms with Crippen molar-refractivity contribution in [3.8, 4) is 55.5 Å². The minimum absolute atomic E-state index is 0. The smallest absolute Gasteiger partial charge is 1.00 e. The van der Waals surface area contributed by atoms with Gasteiger partial charge in [-0.3, -0.25) is 19.2 Å². The van der Waals surface area contributed by atoms with E-state index in [1.54, 1.807) is 57.1 Å². The predicted octanol–water partition coefficient (Wildman–Crippen LogP) is 1.37. The third-order valence-electron chi connectivity index (χ3n) is 7.09. The van der Waals surface area contributed by atoms with E-state index in [-0.39, 0.29) is 128 Å². The van der Waals surface area contributed by atoms with Crippen molar-refractivity contribution in [2.24, 2.45) is 14.1 Å². The minimum atomic E-state index is -4.64. The van der Waals surface area contributed by atoms with Gasteiger partial charge in [-0.1, -0.05) is 22.6 Å². The summed E-state index contributed by atoms with van der Waals surface area (Å²) in [5.74, 6) is 0.519. The Kier molecular flexibility index (Phi) is 45.9. The molecule has 9 heterocycles. The molecule has 0 bridgehead atoms. The van der Waals surface area contributed by atoms with Gasteiger partial charge >= 0.3 is 115 Å². The van der Waals surface area contributed by atoms with E-state index in [1.165, 1.54) is 69.1 Å². The Morgan fingerprint density at radius 1 is 0.705 bits per heavy atom. The van der Waals surface area contributed by atoms with Gasteiger partial charge in [0.25, 0.3) is 6.47 Å². The number of aryl methyl sites for hydroxylation is 2. The van der Waals surface area contributed by atoms with Gasteiger partial charge in [0.15, 0.2) is 66.6 Å². The van der Waals surface area contributed by atoms with Crippen LogP contribution in [-0.2, 0) is 34.7 Å². The second-order valence-corrected chi connectivity index (χ2v) is 16.4. The number of nitriles is 2. The number of alkyl halides is 7. The van der Waals surface area contributed by atoms with Crippen molar-refractivity contribution in [3.05, 3.63) is 110 Å². The number of hydrogen-bond donors (Lipinski definition) is 4. The molecule has 38 heteroatoms. The maximum absolute atomic E-state index is 12.2. The van der Waals surface area contributed by atoms with E-state index >= 15 is 0 Å². The SMILES string of the molecule is CC(=O)C(F)(F)F.CI.CO.Cn1cc(C#N)nc1-c1nccs1.Cn1cc(C=O)nc1-c1nccs1.FC(F)(F)c1cnc(-c2nccs2)[nH]1.N.N#Cc1cnc(-c2nccs2)[nH]1.O.O=CO[O-].O=Cc1nccs1.[H-].[K+].[K+]. The van der Waals surface area contributed by atoms with E-state index < -0.39 is 23.8 Å². The molecule has 0 aliphatic carbocycles. The van der Waals surface area contributed by atoms with Crippen LogP contribution in [-0.4, -0.2) is 118 Å². The maximum atomic E-state index is 12.2. The first-order chi connectivity index (χ1) is 35.4. The molecule has 0 unspecified atom stereocenters. The van der Waals surface area contributed by atoms with Crippen molar-refractivity contribution in [2.75, 3.05) is 12.0 Å². The van der Waals surface area contributed by atoms with Crippen LogP contribution >= 0.6 is 79.3 Å². The normalized spacial score (nSPS) is 9.18. The zero-order valence-electron chi connectivity index (χ0n) is 42.4. The Morgan fingerprint density at radius 2 is 1.12 bits per heavy atom. The number of aromatic amines is 2. The Bertz CT molecular complexity index is 3050. The quantitative estimate of drug-likeness (QED) is 0.0333. The summed E-state index contributed by atoms with van der Waals surface area (Å²) in [5.41, 5.74) is 0.461. The standard InChI is InChI=1S/C8H6N4S.C8H7N3OS.C7H4F3N3S.C7H4N4S.C4H3NOS.C3H3F3O.CH3I.CH2O3.CH4O.2K.H3N.H2O.H/c1-12-5-6(4-9)11-7(12)8-10-2-3-13-8;1-11-4-6(5-12)10-7(11)8-9-2-3-13-8;8-7(9,10)4-3-12-5(13-4)6-11-1-2-14-6;8-3-5-4-10-6(11-5)7-9-1-2-12-7;6-3-4-5-1-2-7-4;1-2(7)3(4,5)6;1-2;2-1-4-3;1-2;;;;;/h2-3,5H,1H3;2-5H,1H3;1-3H,(H,12,13);1-2,4H,(H,10,11);1-3H;1H3;1H3;1,3H;2H,1H3;;;1H3;1H2;/q;;;;;;;;;2*+1;;;-1/p-1. The van der Waals surface area contributed by atoms with Crippen LogP contribution in [0.1, 0.15) is 45.7 Å². The molecule has 0 aliphatic heterocycles. The fraction of sp³-hybridized carbons (Fsp3) is 0.175. The van der Waals surface area contributed by atoms with E-state index in [1.807, 2.05) is 47.3 Å². The van der Waals surface area contributed by atoms with Crippen LogP contribution in [0, 0.1) is 22.7 Å². The number of ketones is 1. The zero-order chi connectivity index (χ0) is 55.7. The van der Waals surface area contributed by atoms with Gasteiger partial charge in [0, 0.05) is 98.4 Å². The van der Waals surface area contributed by atoms with Crippen LogP contribution in [0.3, 0.4) is 0 Å². The van der Waals surface area contributed by atoms with Crippen molar-refractivity contribution in [1.29, 1.82) is 10.5 Å².